The van der Waals surface area contributed by atoms with Crippen molar-refractivity contribution >= 4 is 0 Å². The van der Waals surface area contributed by atoms with E-state index in [9.17, 15) is 0 Å². The number of rotatable bonds is 5. The first-order chi connectivity index (χ1) is 6.83. The molecule has 0 bridgehead atoms. The standard InChI is InChI=1S/C12H19NO/c1-3-6-13-12(10-8-9(10)2)11-5-4-7-14-11/h4-5,7,9-10,12-13H,3,6,8H2,1-2H3. The topological polar surface area (TPSA) is 25.2 Å². The van der Waals surface area contributed by atoms with E-state index >= 15 is 0 Å². The van der Waals surface area contributed by atoms with Crippen molar-refractivity contribution in [3.8, 4) is 0 Å². The van der Waals surface area contributed by atoms with E-state index in [1.807, 2.05) is 6.07 Å². The zero-order valence-corrected chi connectivity index (χ0v) is 8.99. The summed E-state index contributed by atoms with van der Waals surface area (Å²) in [6, 6.07) is 4.50. The van der Waals surface area contributed by atoms with Gasteiger partial charge in [0, 0.05) is 0 Å². The van der Waals surface area contributed by atoms with Crippen molar-refractivity contribution in [2.75, 3.05) is 6.54 Å². The third-order valence-electron chi connectivity index (χ3n) is 3.06. The molecule has 3 unspecified atom stereocenters. The normalized spacial score (nSPS) is 27.6. The van der Waals surface area contributed by atoms with Crippen LogP contribution in [0.25, 0.3) is 0 Å². The Kier molecular flexibility index (Phi) is 2.92. The maximum absolute atomic E-state index is 5.48. The lowest BCUT2D eigenvalue weighted by Crippen LogP contribution is -2.23. The molecular weight excluding hydrogens is 174 g/mol. The highest BCUT2D eigenvalue weighted by Gasteiger charge is 2.40. The summed E-state index contributed by atoms with van der Waals surface area (Å²) in [7, 11) is 0. The third kappa shape index (κ3) is 2.01. The molecule has 1 heterocycles. The molecule has 0 amide bonds. The molecule has 1 saturated carbocycles. The Hall–Kier alpha value is -0.760. The average Bonchev–Trinajstić information content (AvgIpc) is 2.71. The molecule has 1 aromatic rings. The van der Waals surface area contributed by atoms with Crippen LogP contribution in [0.15, 0.2) is 22.8 Å². The molecule has 0 aliphatic heterocycles. The van der Waals surface area contributed by atoms with Gasteiger partial charge in [0.25, 0.3) is 0 Å². The maximum Gasteiger partial charge on any atom is 0.120 e. The van der Waals surface area contributed by atoms with Crippen molar-refractivity contribution in [3.05, 3.63) is 24.2 Å². The summed E-state index contributed by atoms with van der Waals surface area (Å²) < 4.78 is 5.48. The zero-order chi connectivity index (χ0) is 9.97. The van der Waals surface area contributed by atoms with E-state index in [0.29, 0.717) is 6.04 Å². The predicted molar refractivity (Wildman–Crippen MR) is 57.0 cm³/mol. The molecule has 0 aromatic carbocycles. The summed E-state index contributed by atoms with van der Waals surface area (Å²) in [5, 5.41) is 3.57. The molecule has 2 rings (SSSR count). The van der Waals surface area contributed by atoms with E-state index in [1.54, 1.807) is 6.26 Å². The molecule has 0 saturated heterocycles. The first kappa shape index (κ1) is 9.78. The number of furan rings is 1. The van der Waals surface area contributed by atoms with E-state index in [1.165, 1.54) is 12.8 Å². The fourth-order valence-corrected chi connectivity index (χ4v) is 2.05. The van der Waals surface area contributed by atoms with E-state index < -0.39 is 0 Å². The van der Waals surface area contributed by atoms with Gasteiger partial charge in [0.15, 0.2) is 0 Å². The van der Waals surface area contributed by atoms with Crippen LogP contribution in [0.1, 0.15) is 38.5 Å². The molecule has 0 radical (unpaired) electrons. The van der Waals surface area contributed by atoms with Crippen LogP contribution >= 0.6 is 0 Å². The van der Waals surface area contributed by atoms with E-state index in [-0.39, 0.29) is 0 Å². The smallest absolute Gasteiger partial charge is 0.120 e. The van der Waals surface area contributed by atoms with Gasteiger partial charge in [-0.2, -0.15) is 0 Å². The second-order valence-electron chi connectivity index (χ2n) is 4.32. The minimum atomic E-state index is 0.444. The van der Waals surface area contributed by atoms with Crippen LogP contribution in [-0.2, 0) is 0 Å². The second-order valence-corrected chi connectivity index (χ2v) is 4.32. The molecule has 0 spiro atoms. The Morgan fingerprint density at radius 3 is 2.93 bits per heavy atom. The summed E-state index contributed by atoms with van der Waals surface area (Å²) >= 11 is 0. The van der Waals surface area contributed by atoms with Crippen LogP contribution in [0.3, 0.4) is 0 Å². The fourth-order valence-electron chi connectivity index (χ4n) is 2.05. The van der Waals surface area contributed by atoms with E-state index in [4.69, 9.17) is 4.42 Å². The van der Waals surface area contributed by atoms with E-state index in [0.717, 1.165) is 24.1 Å². The van der Waals surface area contributed by atoms with Gasteiger partial charge in [0.05, 0.1) is 12.3 Å². The summed E-state index contributed by atoms with van der Waals surface area (Å²) in [5.74, 6) is 2.75. The Bertz CT molecular complexity index is 268. The average molecular weight is 193 g/mol. The van der Waals surface area contributed by atoms with Crippen LogP contribution in [0.4, 0.5) is 0 Å². The summed E-state index contributed by atoms with van der Waals surface area (Å²) in [6.45, 7) is 5.59. The van der Waals surface area contributed by atoms with Crippen LogP contribution in [0, 0.1) is 11.8 Å². The lowest BCUT2D eigenvalue weighted by atomic mass is 10.1. The first-order valence-corrected chi connectivity index (χ1v) is 5.59. The minimum absolute atomic E-state index is 0.444. The van der Waals surface area contributed by atoms with Gasteiger partial charge in [-0.1, -0.05) is 13.8 Å². The summed E-state index contributed by atoms with van der Waals surface area (Å²) in [5.41, 5.74) is 0. The highest BCUT2D eigenvalue weighted by molar-refractivity contribution is 5.10. The Labute approximate surface area is 85.7 Å². The molecule has 1 aliphatic carbocycles. The van der Waals surface area contributed by atoms with Crippen molar-refractivity contribution in [1.29, 1.82) is 0 Å². The Morgan fingerprint density at radius 2 is 2.43 bits per heavy atom. The quantitative estimate of drug-likeness (QED) is 0.777. The zero-order valence-electron chi connectivity index (χ0n) is 8.99. The largest absolute Gasteiger partial charge is 0.468 e. The third-order valence-corrected chi connectivity index (χ3v) is 3.06. The minimum Gasteiger partial charge on any atom is -0.468 e. The number of nitrogens with one attached hydrogen (secondary N) is 1. The SMILES string of the molecule is CCCNC(c1ccco1)C1CC1C. The monoisotopic (exact) mass is 193 g/mol. The number of hydrogen-bond acceptors (Lipinski definition) is 2. The second kappa shape index (κ2) is 4.18. The van der Waals surface area contributed by atoms with Crippen molar-refractivity contribution < 1.29 is 4.42 Å². The Balaban J connectivity index is 1.99. The maximum atomic E-state index is 5.48. The van der Waals surface area contributed by atoms with Crippen molar-refractivity contribution in [2.24, 2.45) is 11.8 Å². The summed E-state index contributed by atoms with van der Waals surface area (Å²) in [6.07, 6.45) is 4.28. The Morgan fingerprint density at radius 1 is 1.64 bits per heavy atom. The van der Waals surface area contributed by atoms with Gasteiger partial charge < -0.3 is 9.73 Å². The van der Waals surface area contributed by atoms with Crippen LogP contribution in [0.5, 0.6) is 0 Å². The van der Waals surface area contributed by atoms with E-state index in [2.05, 4.69) is 25.2 Å². The molecule has 2 nitrogen and oxygen atoms in total. The molecular formula is C12H19NO. The van der Waals surface area contributed by atoms with Gasteiger partial charge >= 0.3 is 0 Å². The molecule has 1 aromatic heterocycles. The lowest BCUT2D eigenvalue weighted by molar-refractivity contribution is 0.373. The molecule has 14 heavy (non-hydrogen) atoms. The van der Waals surface area contributed by atoms with Crippen LogP contribution in [-0.4, -0.2) is 6.54 Å². The molecule has 1 fully saturated rings. The highest BCUT2D eigenvalue weighted by Crippen LogP contribution is 2.46. The van der Waals surface area contributed by atoms with Crippen molar-refractivity contribution in [3.63, 3.8) is 0 Å². The fraction of sp³-hybridized carbons (Fsp3) is 0.667. The van der Waals surface area contributed by atoms with Crippen molar-refractivity contribution in [1.82, 2.24) is 5.32 Å². The van der Waals surface area contributed by atoms with Gasteiger partial charge in [-0.15, -0.1) is 0 Å². The predicted octanol–water partition coefficient (Wildman–Crippen LogP) is 2.98. The van der Waals surface area contributed by atoms with Gasteiger partial charge in [-0.05, 0) is 43.4 Å². The van der Waals surface area contributed by atoms with Crippen LogP contribution in [0.2, 0.25) is 0 Å². The molecule has 1 aliphatic rings. The highest BCUT2D eigenvalue weighted by atomic mass is 16.3. The molecule has 1 N–H and O–H groups in total. The summed E-state index contributed by atoms with van der Waals surface area (Å²) in [4.78, 5) is 0. The van der Waals surface area contributed by atoms with Gasteiger partial charge in [0.1, 0.15) is 5.76 Å². The molecule has 78 valence electrons. The molecule has 2 heteroatoms. The first-order valence-electron chi connectivity index (χ1n) is 5.59. The van der Waals surface area contributed by atoms with Crippen LogP contribution < -0.4 is 5.32 Å². The van der Waals surface area contributed by atoms with Crippen molar-refractivity contribution in [2.45, 2.75) is 32.7 Å². The van der Waals surface area contributed by atoms with Gasteiger partial charge in [-0.25, -0.2) is 0 Å². The lowest BCUT2D eigenvalue weighted by Gasteiger charge is -2.15. The number of hydrogen-bond donors (Lipinski definition) is 1. The van der Waals surface area contributed by atoms with Gasteiger partial charge in [0.2, 0.25) is 0 Å². The van der Waals surface area contributed by atoms with Gasteiger partial charge in [-0.3, -0.25) is 0 Å². The molecule has 3 atom stereocenters.